The summed E-state index contributed by atoms with van der Waals surface area (Å²) in [5.41, 5.74) is 6.54. The number of ether oxygens (including phenoxy) is 5. The van der Waals surface area contributed by atoms with E-state index < -0.39 is 14.4 Å². The van der Waals surface area contributed by atoms with E-state index in [4.69, 9.17) is 28.1 Å². The lowest BCUT2D eigenvalue weighted by atomic mass is 9.72. The van der Waals surface area contributed by atoms with Gasteiger partial charge in [-0.2, -0.15) is 0 Å². The lowest BCUT2D eigenvalue weighted by Gasteiger charge is -2.42. The fourth-order valence-electron chi connectivity index (χ4n) is 8.27. The van der Waals surface area contributed by atoms with E-state index in [2.05, 4.69) is 68.0 Å². The maximum Gasteiger partial charge on any atom is 0.331 e. The maximum atomic E-state index is 13.0. The van der Waals surface area contributed by atoms with Crippen LogP contribution in [0.3, 0.4) is 0 Å². The molecule has 0 aromatic heterocycles. The summed E-state index contributed by atoms with van der Waals surface area (Å²) in [6.45, 7) is 26.1. The van der Waals surface area contributed by atoms with Gasteiger partial charge in [-0.05, 0) is 122 Å². The Hall–Kier alpha value is -2.53. The number of carbonyl (C=O) groups is 1. The van der Waals surface area contributed by atoms with E-state index in [0.29, 0.717) is 62.1 Å². The van der Waals surface area contributed by atoms with Crippen LogP contribution in [-0.2, 0) is 34.8 Å². The monoisotopic (exact) mass is 756 g/mol. The van der Waals surface area contributed by atoms with E-state index in [1.165, 1.54) is 0 Å². The minimum atomic E-state index is -2.05. The third-order valence-corrected chi connectivity index (χ3v) is 16.9. The van der Waals surface area contributed by atoms with E-state index in [9.17, 15) is 9.90 Å². The molecule has 0 amide bonds. The molecule has 4 atom stereocenters. The first kappa shape index (κ1) is 46.6. The van der Waals surface area contributed by atoms with E-state index in [1.807, 2.05) is 37.3 Å². The van der Waals surface area contributed by atoms with Crippen LogP contribution < -0.4 is 4.74 Å². The van der Waals surface area contributed by atoms with Crippen molar-refractivity contribution in [2.45, 2.75) is 136 Å². The third kappa shape index (κ3) is 14.6. The first-order chi connectivity index (χ1) is 25.2. The molecule has 1 aromatic rings. The highest BCUT2D eigenvalue weighted by Gasteiger charge is 2.44. The van der Waals surface area contributed by atoms with Crippen LogP contribution in [0.2, 0.25) is 16.6 Å². The molecule has 0 bridgehead atoms. The predicted molar refractivity (Wildman–Crippen MR) is 218 cm³/mol. The number of hydrogen-bond donors (Lipinski definition) is 1. The number of aliphatic hydroxyl groups excluding tert-OH is 1. The van der Waals surface area contributed by atoms with Crippen molar-refractivity contribution < 1.29 is 38.0 Å². The average molecular weight is 757 g/mol. The third-order valence-electron chi connectivity index (χ3n) is 10.8. The number of rotatable bonds is 25. The molecule has 0 unspecified atom stereocenters. The summed E-state index contributed by atoms with van der Waals surface area (Å²) in [6.07, 6.45) is 8.89. The van der Waals surface area contributed by atoms with Crippen LogP contribution in [0, 0.1) is 11.8 Å². The predicted octanol–water partition coefficient (Wildman–Crippen LogP) is 10.3. The maximum absolute atomic E-state index is 13.0. The van der Waals surface area contributed by atoms with Crippen molar-refractivity contribution in [2.75, 3.05) is 40.8 Å². The van der Waals surface area contributed by atoms with Gasteiger partial charge in [-0.25, -0.2) is 4.79 Å². The van der Waals surface area contributed by atoms with Gasteiger partial charge in [-0.1, -0.05) is 78.0 Å². The Morgan fingerprint density at radius 2 is 1.60 bits per heavy atom. The van der Waals surface area contributed by atoms with E-state index in [-0.39, 0.29) is 37.3 Å². The van der Waals surface area contributed by atoms with Crippen LogP contribution in [0.15, 0.2) is 71.4 Å². The lowest BCUT2D eigenvalue weighted by molar-refractivity contribution is -0.137. The summed E-state index contributed by atoms with van der Waals surface area (Å²) < 4.78 is 35.1. The zero-order valence-corrected chi connectivity index (χ0v) is 35.9. The molecule has 0 radical (unpaired) electrons. The minimum absolute atomic E-state index is 0.0158. The van der Waals surface area contributed by atoms with Crippen molar-refractivity contribution in [3.63, 3.8) is 0 Å². The van der Waals surface area contributed by atoms with Gasteiger partial charge in [0.2, 0.25) is 0 Å². The van der Waals surface area contributed by atoms with Gasteiger partial charge in [-0.3, -0.25) is 0 Å². The van der Waals surface area contributed by atoms with Crippen molar-refractivity contribution in [1.29, 1.82) is 0 Å². The number of allylic oxidation sites excluding steroid dienone is 4. The van der Waals surface area contributed by atoms with Gasteiger partial charge in [0.15, 0.2) is 8.32 Å². The second kappa shape index (κ2) is 24.1. The van der Waals surface area contributed by atoms with Gasteiger partial charge < -0.3 is 33.2 Å². The zero-order valence-electron chi connectivity index (χ0n) is 34.9. The number of methoxy groups -OCH3 is 2. The first-order valence-corrected chi connectivity index (χ1v) is 21.9. The highest BCUT2D eigenvalue weighted by Crippen LogP contribution is 2.43. The second-order valence-corrected chi connectivity index (χ2v) is 20.9. The SMILES string of the molecule is C=C(C)[C@@H]1CC=C(C)[C@H](OCOC)[C@H]1C[C@@H](O)/C=C(CCCO[Si](C(C)C)(C(C)C)C(C)C)/C(=C/C(=O)OCC)CCCOCc1ccc(OC)cc1. The van der Waals surface area contributed by atoms with Crippen molar-refractivity contribution in [3.8, 4) is 5.75 Å². The van der Waals surface area contributed by atoms with Crippen molar-refractivity contribution in [2.24, 2.45) is 11.8 Å². The molecule has 1 aliphatic carbocycles. The topological polar surface area (TPSA) is 92.7 Å². The van der Waals surface area contributed by atoms with Crippen LogP contribution >= 0.6 is 0 Å². The molecule has 300 valence electrons. The molecule has 0 heterocycles. The fraction of sp³-hybridized carbons (Fsp3) is 0.659. The van der Waals surface area contributed by atoms with Crippen LogP contribution in [0.1, 0.15) is 106 Å². The van der Waals surface area contributed by atoms with Gasteiger partial charge in [0.1, 0.15) is 12.5 Å². The minimum Gasteiger partial charge on any atom is -0.497 e. The normalized spacial score (nSPS) is 19.2. The average Bonchev–Trinajstić information content (AvgIpc) is 3.10. The van der Waals surface area contributed by atoms with Crippen LogP contribution in [0.25, 0.3) is 0 Å². The molecule has 0 fully saturated rings. The Morgan fingerprint density at radius 3 is 2.17 bits per heavy atom. The molecule has 8 nitrogen and oxygen atoms in total. The zero-order chi connectivity index (χ0) is 39.6. The molecule has 0 saturated carbocycles. The summed E-state index contributed by atoms with van der Waals surface area (Å²) in [4.78, 5) is 13.0. The number of hydrogen-bond acceptors (Lipinski definition) is 8. The Kier molecular flexibility index (Phi) is 21.2. The Morgan fingerprint density at radius 1 is 0.981 bits per heavy atom. The Balaban J connectivity index is 2.40. The quantitative estimate of drug-likeness (QED) is 0.0201. The fourth-order valence-corrected chi connectivity index (χ4v) is 13.8. The first-order valence-electron chi connectivity index (χ1n) is 19.7. The number of aliphatic hydroxyl groups is 1. The number of benzene rings is 1. The Labute approximate surface area is 323 Å². The summed E-state index contributed by atoms with van der Waals surface area (Å²) in [5, 5.41) is 11.9. The van der Waals surface area contributed by atoms with Crippen LogP contribution in [-0.4, -0.2) is 72.4 Å². The molecule has 53 heavy (non-hydrogen) atoms. The van der Waals surface area contributed by atoms with Gasteiger partial charge in [0.25, 0.3) is 0 Å². The van der Waals surface area contributed by atoms with Crippen LogP contribution in [0.5, 0.6) is 5.75 Å². The molecule has 1 aromatic carbocycles. The molecule has 2 rings (SSSR count). The van der Waals surface area contributed by atoms with E-state index in [0.717, 1.165) is 46.4 Å². The van der Waals surface area contributed by atoms with E-state index in [1.54, 1.807) is 20.3 Å². The van der Waals surface area contributed by atoms with Crippen molar-refractivity contribution in [1.82, 2.24) is 0 Å². The smallest absolute Gasteiger partial charge is 0.331 e. The molecular formula is C44H72O8Si. The molecule has 1 N–H and O–H groups in total. The lowest BCUT2D eigenvalue weighted by Crippen LogP contribution is -2.47. The summed E-state index contributed by atoms with van der Waals surface area (Å²) in [7, 11) is 1.23. The largest absolute Gasteiger partial charge is 0.497 e. The van der Waals surface area contributed by atoms with Crippen LogP contribution in [0.4, 0.5) is 0 Å². The molecular weight excluding hydrogens is 685 g/mol. The molecule has 1 aliphatic rings. The summed E-state index contributed by atoms with van der Waals surface area (Å²) >= 11 is 0. The van der Waals surface area contributed by atoms with Gasteiger partial charge in [0.05, 0.1) is 32.5 Å². The molecule has 0 aliphatic heterocycles. The van der Waals surface area contributed by atoms with Gasteiger partial charge >= 0.3 is 5.97 Å². The highest BCUT2D eigenvalue weighted by atomic mass is 28.4. The summed E-state index contributed by atoms with van der Waals surface area (Å²) in [5.74, 6) is 0.608. The standard InChI is InChI=1S/C44H72O8Si/c1-13-50-43(46)27-38(16-14-24-49-29-36-19-21-40(48-12)22-20-36)37(17-15-25-52-53(32(4)5,33(6)7)34(8)9)26-39(45)28-42-41(31(2)3)23-18-35(10)44(42)51-30-47-11/h18-22,26-27,32-34,39,41-42,44-45H,2,13-17,23-25,28-30H2,1,3-12H3/b37-26+,38-27+/t39-,41-,42-,44-/m0/s1. The van der Waals surface area contributed by atoms with Gasteiger partial charge in [0, 0.05) is 26.4 Å². The second-order valence-electron chi connectivity index (χ2n) is 15.5. The van der Waals surface area contributed by atoms with Gasteiger partial charge in [-0.15, -0.1) is 0 Å². The molecule has 9 heteroatoms. The van der Waals surface area contributed by atoms with Crippen molar-refractivity contribution >= 4 is 14.3 Å². The Bertz CT molecular complexity index is 1310. The van der Waals surface area contributed by atoms with Crippen molar-refractivity contribution in [3.05, 3.63) is 76.9 Å². The number of carbonyl (C=O) groups excluding carboxylic acids is 1. The summed E-state index contributed by atoms with van der Waals surface area (Å²) in [6, 6.07) is 7.85. The molecule has 0 spiro atoms. The van der Waals surface area contributed by atoms with E-state index >= 15 is 0 Å². The number of esters is 1. The highest BCUT2D eigenvalue weighted by molar-refractivity contribution is 6.77. The molecule has 0 saturated heterocycles.